The summed E-state index contributed by atoms with van der Waals surface area (Å²) in [5.41, 5.74) is 2.59. The van der Waals surface area contributed by atoms with Gasteiger partial charge in [-0.25, -0.2) is 0 Å². The summed E-state index contributed by atoms with van der Waals surface area (Å²) in [5.74, 6) is 0. The Hall–Kier alpha value is -0.330. The van der Waals surface area contributed by atoms with Gasteiger partial charge in [0.05, 0.1) is 19.4 Å². The van der Waals surface area contributed by atoms with E-state index >= 15 is 0 Å². The zero-order valence-electron chi connectivity index (χ0n) is 13.9. The number of nitrogens with zero attached hydrogens (tertiary/aromatic N) is 3. The first-order valence-electron chi connectivity index (χ1n) is 7.72. The van der Waals surface area contributed by atoms with Crippen LogP contribution in [0.15, 0.2) is 6.20 Å². The first kappa shape index (κ1) is 21.7. The van der Waals surface area contributed by atoms with Crippen molar-refractivity contribution in [1.29, 1.82) is 0 Å². The van der Waals surface area contributed by atoms with Crippen LogP contribution >= 0.6 is 24.8 Å². The zero-order valence-corrected chi connectivity index (χ0v) is 15.5. The third-order valence-corrected chi connectivity index (χ3v) is 3.88. The van der Waals surface area contributed by atoms with E-state index in [2.05, 4.69) is 40.8 Å². The fourth-order valence-electron chi connectivity index (χ4n) is 2.63. The summed E-state index contributed by atoms with van der Waals surface area (Å²) in [5, 5.41) is 7.97. The predicted molar refractivity (Wildman–Crippen MR) is 95.4 cm³/mol. The molecule has 0 unspecified atom stereocenters. The Balaban J connectivity index is 0.00000220. The highest BCUT2D eigenvalue weighted by molar-refractivity contribution is 5.85. The minimum atomic E-state index is 0. The van der Waals surface area contributed by atoms with Crippen molar-refractivity contribution in [2.75, 3.05) is 39.4 Å². The molecule has 1 aromatic rings. The van der Waals surface area contributed by atoms with Crippen LogP contribution in [0.5, 0.6) is 0 Å². The fourth-order valence-corrected chi connectivity index (χ4v) is 2.63. The van der Waals surface area contributed by atoms with Gasteiger partial charge in [-0.15, -0.1) is 24.8 Å². The van der Waals surface area contributed by atoms with Crippen molar-refractivity contribution in [2.24, 2.45) is 0 Å². The van der Waals surface area contributed by atoms with Crippen LogP contribution in [0.25, 0.3) is 0 Å². The molecule has 1 saturated heterocycles. The maximum absolute atomic E-state index is 5.35. The fraction of sp³-hybridized carbons (Fsp3) is 0.800. The molecule has 130 valence electrons. The summed E-state index contributed by atoms with van der Waals surface area (Å²) < 4.78 is 7.44. The summed E-state index contributed by atoms with van der Waals surface area (Å²) >= 11 is 0. The molecule has 5 nitrogen and oxygen atoms in total. The van der Waals surface area contributed by atoms with E-state index in [0.29, 0.717) is 6.04 Å². The highest BCUT2D eigenvalue weighted by Crippen LogP contribution is 2.12. The van der Waals surface area contributed by atoms with Gasteiger partial charge in [-0.1, -0.05) is 0 Å². The molecule has 7 heteroatoms. The lowest BCUT2D eigenvalue weighted by atomic mass is 10.2. The maximum atomic E-state index is 5.35. The monoisotopic (exact) mass is 352 g/mol. The molecular formula is C15H30Cl2N4O. The molecule has 0 radical (unpaired) electrons. The molecule has 1 N–H and O–H groups in total. The second-order valence-corrected chi connectivity index (χ2v) is 5.78. The number of hydrogen-bond donors (Lipinski definition) is 1. The molecular weight excluding hydrogens is 323 g/mol. The third-order valence-electron chi connectivity index (χ3n) is 3.88. The molecule has 1 aromatic heterocycles. The number of halogens is 2. The van der Waals surface area contributed by atoms with Gasteiger partial charge in [-0.2, -0.15) is 5.10 Å². The molecule has 0 bridgehead atoms. The molecule has 0 saturated carbocycles. The van der Waals surface area contributed by atoms with Gasteiger partial charge >= 0.3 is 0 Å². The second kappa shape index (κ2) is 11.2. The van der Waals surface area contributed by atoms with Crippen LogP contribution < -0.4 is 5.32 Å². The van der Waals surface area contributed by atoms with E-state index in [9.17, 15) is 0 Å². The van der Waals surface area contributed by atoms with Crippen LogP contribution in [-0.2, 0) is 11.3 Å². The SMILES string of the molecule is Cc1c(CNCCCN2CCOCC2)cnn1C(C)C.Cl.Cl. The molecule has 0 atom stereocenters. The Kier molecular flexibility index (Phi) is 11.1. The number of ether oxygens (including phenoxy) is 1. The summed E-state index contributed by atoms with van der Waals surface area (Å²) in [6.45, 7) is 13.6. The van der Waals surface area contributed by atoms with Crippen molar-refractivity contribution in [1.82, 2.24) is 20.0 Å². The van der Waals surface area contributed by atoms with Crippen molar-refractivity contribution in [2.45, 2.75) is 39.8 Å². The van der Waals surface area contributed by atoms with Crippen molar-refractivity contribution < 1.29 is 4.74 Å². The summed E-state index contributed by atoms with van der Waals surface area (Å²) in [7, 11) is 0. The molecule has 0 aromatic carbocycles. The van der Waals surface area contributed by atoms with Crippen molar-refractivity contribution in [3.8, 4) is 0 Å². The Labute approximate surface area is 146 Å². The summed E-state index contributed by atoms with van der Waals surface area (Å²) in [6.07, 6.45) is 3.18. The highest BCUT2D eigenvalue weighted by atomic mass is 35.5. The minimum absolute atomic E-state index is 0. The van der Waals surface area contributed by atoms with E-state index in [1.165, 1.54) is 24.2 Å². The predicted octanol–water partition coefficient (Wildman–Crippen LogP) is 2.43. The number of nitrogens with one attached hydrogen (secondary N) is 1. The number of aromatic nitrogens is 2. The molecule has 1 aliphatic heterocycles. The number of rotatable bonds is 7. The molecule has 2 rings (SSSR count). The standard InChI is InChI=1S/C15H28N4O.2ClH/c1-13(2)19-14(3)15(12-17-19)11-16-5-4-6-18-7-9-20-10-8-18;;/h12-13,16H,4-11H2,1-3H3;2*1H. The van der Waals surface area contributed by atoms with Crippen LogP contribution in [0.3, 0.4) is 0 Å². The maximum Gasteiger partial charge on any atom is 0.0594 e. The Bertz CT molecular complexity index is 406. The topological polar surface area (TPSA) is 42.3 Å². The van der Waals surface area contributed by atoms with Gasteiger partial charge in [-0.05, 0) is 40.3 Å². The van der Waals surface area contributed by atoms with E-state index in [0.717, 1.165) is 39.4 Å². The lowest BCUT2D eigenvalue weighted by Gasteiger charge is -2.26. The lowest BCUT2D eigenvalue weighted by molar-refractivity contribution is 0.0374. The van der Waals surface area contributed by atoms with E-state index in [-0.39, 0.29) is 24.8 Å². The Morgan fingerprint density at radius 2 is 1.95 bits per heavy atom. The average molecular weight is 353 g/mol. The smallest absolute Gasteiger partial charge is 0.0594 e. The van der Waals surface area contributed by atoms with Gasteiger partial charge in [0, 0.05) is 36.9 Å². The van der Waals surface area contributed by atoms with Crippen molar-refractivity contribution in [3.05, 3.63) is 17.5 Å². The zero-order chi connectivity index (χ0) is 14.4. The number of hydrogen-bond acceptors (Lipinski definition) is 4. The average Bonchev–Trinajstić information content (AvgIpc) is 2.81. The Morgan fingerprint density at radius 3 is 2.55 bits per heavy atom. The summed E-state index contributed by atoms with van der Waals surface area (Å²) in [4.78, 5) is 2.48. The normalized spacial score (nSPS) is 15.5. The molecule has 2 heterocycles. The van der Waals surface area contributed by atoms with Gasteiger partial charge < -0.3 is 10.1 Å². The van der Waals surface area contributed by atoms with E-state index in [1.807, 2.05) is 6.20 Å². The van der Waals surface area contributed by atoms with Crippen LogP contribution in [0.4, 0.5) is 0 Å². The van der Waals surface area contributed by atoms with E-state index < -0.39 is 0 Å². The minimum Gasteiger partial charge on any atom is -0.379 e. The van der Waals surface area contributed by atoms with Crippen LogP contribution in [0.1, 0.15) is 37.6 Å². The summed E-state index contributed by atoms with van der Waals surface area (Å²) in [6, 6.07) is 0.435. The lowest BCUT2D eigenvalue weighted by Crippen LogP contribution is -2.37. The third kappa shape index (κ3) is 6.42. The van der Waals surface area contributed by atoms with E-state index in [1.54, 1.807) is 0 Å². The quantitative estimate of drug-likeness (QED) is 0.765. The van der Waals surface area contributed by atoms with Gasteiger partial charge in [-0.3, -0.25) is 9.58 Å². The second-order valence-electron chi connectivity index (χ2n) is 5.78. The molecule has 1 fully saturated rings. The van der Waals surface area contributed by atoms with Crippen LogP contribution in [0.2, 0.25) is 0 Å². The van der Waals surface area contributed by atoms with Gasteiger partial charge in [0.2, 0.25) is 0 Å². The van der Waals surface area contributed by atoms with Gasteiger partial charge in [0.15, 0.2) is 0 Å². The molecule has 0 spiro atoms. The molecule has 0 amide bonds. The largest absolute Gasteiger partial charge is 0.379 e. The molecule has 22 heavy (non-hydrogen) atoms. The molecule has 1 aliphatic rings. The van der Waals surface area contributed by atoms with Crippen molar-refractivity contribution >= 4 is 24.8 Å². The van der Waals surface area contributed by atoms with Crippen LogP contribution in [-0.4, -0.2) is 54.1 Å². The first-order valence-corrected chi connectivity index (χ1v) is 7.72. The highest BCUT2D eigenvalue weighted by Gasteiger charge is 2.10. The van der Waals surface area contributed by atoms with Gasteiger partial charge in [0.1, 0.15) is 0 Å². The van der Waals surface area contributed by atoms with Crippen molar-refractivity contribution in [3.63, 3.8) is 0 Å². The van der Waals surface area contributed by atoms with E-state index in [4.69, 9.17) is 4.74 Å². The molecule has 0 aliphatic carbocycles. The van der Waals surface area contributed by atoms with Crippen LogP contribution in [0, 0.1) is 6.92 Å². The van der Waals surface area contributed by atoms with Gasteiger partial charge in [0.25, 0.3) is 0 Å². The Morgan fingerprint density at radius 1 is 1.27 bits per heavy atom. The first-order chi connectivity index (χ1) is 9.68. The number of morpholine rings is 1.